The van der Waals surface area contributed by atoms with Crippen LogP contribution in [0.4, 0.5) is 5.69 Å². The maximum Gasteiger partial charge on any atom is 0.0958 e. The molecule has 3 nitrogen and oxygen atoms in total. The summed E-state index contributed by atoms with van der Waals surface area (Å²) in [6.45, 7) is 0.764. The quantitative estimate of drug-likeness (QED) is 0.817. The highest BCUT2D eigenvalue weighted by Crippen LogP contribution is 2.50. The Morgan fingerprint density at radius 1 is 1.41 bits per heavy atom. The van der Waals surface area contributed by atoms with Crippen molar-refractivity contribution in [3.05, 3.63) is 18.3 Å². The Kier molecular flexibility index (Phi) is 2.79. The van der Waals surface area contributed by atoms with Crippen molar-refractivity contribution in [2.75, 3.05) is 17.7 Å². The Morgan fingerprint density at radius 2 is 2.24 bits per heavy atom. The number of aliphatic hydroxyl groups excluding tert-OH is 1. The van der Waals surface area contributed by atoms with E-state index < -0.39 is 0 Å². The predicted octanol–water partition coefficient (Wildman–Crippen LogP) is 2.30. The minimum atomic E-state index is -0.179. The Labute approximate surface area is 106 Å². The molecule has 1 spiro atoms. The molecule has 2 aliphatic rings. The third-order valence-electron chi connectivity index (χ3n) is 3.98. The number of aromatic nitrogens is 1. The van der Waals surface area contributed by atoms with Crippen LogP contribution in [0.5, 0.6) is 0 Å². The second kappa shape index (κ2) is 4.18. The first-order chi connectivity index (χ1) is 8.23. The number of nitrogens with zero attached hydrogens (tertiary/aromatic N) is 2. The summed E-state index contributed by atoms with van der Waals surface area (Å²) in [5, 5.41) is 10.9. The molecule has 1 aliphatic carbocycles. The lowest BCUT2D eigenvalue weighted by Gasteiger charge is -2.40. The molecule has 0 unspecified atom stereocenters. The van der Waals surface area contributed by atoms with Crippen molar-refractivity contribution in [2.24, 2.45) is 0 Å². The van der Waals surface area contributed by atoms with Gasteiger partial charge in [-0.25, -0.2) is 4.98 Å². The van der Waals surface area contributed by atoms with Crippen molar-refractivity contribution < 1.29 is 5.11 Å². The maximum atomic E-state index is 9.84. The number of aliphatic hydroxyl groups is 1. The molecule has 0 bridgehead atoms. The minimum Gasteiger partial charge on any atom is -0.391 e. The van der Waals surface area contributed by atoms with Crippen LogP contribution >= 0.6 is 11.8 Å². The van der Waals surface area contributed by atoms with Crippen LogP contribution in [0, 0.1) is 0 Å². The molecule has 0 radical (unpaired) electrons. The smallest absolute Gasteiger partial charge is 0.0958 e. The molecule has 2 heterocycles. The van der Waals surface area contributed by atoms with Crippen LogP contribution in [0.1, 0.15) is 25.7 Å². The summed E-state index contributed by atoms with van der Waals surface area (Å²) in [5.41, 5.74) is 1.51. The summed E-state index contributed by atoms with van der Waals surface area (Å²) >= 11 is 1.66. The minimum absolute atomic E-state index is 0.179. The zero-order valence-corrected chi connectivity index (χ0v) is 10.9. The van der Waals surface area contributed by atoms with Gasteiger partial charge in [-0.05, 0) is 44.1 Å². The molecule has 1 saturated heterocycles. The van der Waals surface area contributed by atoms with Gasteiger partial charge in [-0.3, -0.25) is 0 Å². The Bertz CT molecular complexity index is 402. The number of pyridine rings is 1. The van der Waals surface area contributed by atoms with E-state index in [9.17, 15) is 5.11 Å². The summed E-state index contributed by atoms with van der Waals surface area (Å²) < 4.78 is 0. The summed E-state index contributed by atoms with van der Waals surface area (Å²) in [4.78, 5) is 6.80. The normalized spacial score (nSPS) is 26.2. The van der Waals surface area contributed by atoms with Crippen LogP contribution < -0.4 is 4.90 Å². The number of rotatable bonds is 2. The van der Waals surface area contributed by atoms with Gasteiger partial charge in [-0.2, -0.15) is 0 Å². The van der Waals surface area contributed by atoms with Crippen LogP contribution in [-0.2, 0) is 0 Å². The van der Waals surface area contributed by atoms with Gasteiger partial charge in [-0.15, -0.1) is 11.8 Å². The molecule has 1 N–H and O–H groups in total. The molecule has 17 heavy (non-hydrogen) atoms. The van der Waals surface area contributed by atoms with Gasteiger partial charge in [0.1, 0.15) is 0 Å². The monoisotopic (exact) mass is 250 g/mol. The van der Waals surface area contributed by atoms with E-state index in [0.717, 1.165) is 24.4 Å². The second-order valence-corrected chi connectivity index (χ2v) is 5.91. The highest BCUT2D eigenvalue weighted by molar-refractivity contribution is 7.98. The second-order valence-electron chi connectivity index (χ2n) is 5.09. The van der Waals surface area contributed by atoms with Crippen LogP contribution in [0.15, 0.2) is 23.4 Å². The maximum absolute atomic E-state index is 9.84. The zero-order valence-electron chi connectivity index (χ0n) is 10.1. The van der Waals surface area contributed by atoms with E-state index in [-0.39, 0.29) is 6.10 Å². The third kappa shape index (κ3) is 2.04. The van der Waals surface area contributed by atoms with Gasteiger partial charge >= 0.3 is 0 Å². The Balaban J connectivity index is 1.85. The van der Waals surface area contributed by atoms with Gasteiger partial charge < -0.3 is 10.0 Å². The molecule has 0 aromatic carbocycles. The number of piperidine rings is 1. The number of anilines is 1. The first kappa shape index (κ1) is 11.4. The number of β-amino-alcohol motifs (C(OH)–C–C–N with tert-alkyl or cyclic N) is 1. The van der Waals surface area contributed by atoms with Crippen molar-refractivity contribution in [1.82, 2.24) is 4.98 Å². The molecule has 3 rings (SSSR count). The van der Waals surface area contributed by atoms with Crippen molar-refractivity contribution in [3.63, 3.8) is 0 Å². The number of thioether (sulfide) groups is 1. The van der Waals surface area contributed by atoms with E-state index in [2.05, 4.69) is 22.0 Å². The van der Waals surface area contributed by atoms with E-state index in [4.69, 9.17) is 0 Å². The fourth-order valence-electron chi connectivity index (χ4n) is 2.76. The third-order valence-corrected chi connectivity index (χ3v) is 4.64. The van der Waals surface area contributed by atoms with E-state index in [1.165, 1.54) is 18.5 Å². The lowest BCUT2D eigenvalue weighted by atomic mass is 9.97. The summed E-state index contributed by atoms with van der Waals surface area (Å²) in [6, 6.07) is 4.20. The van der Waals surface area contributed by atoms with Gasteiger partial charge in [-0.1, -0.05) is 0 Å². The van der Waals surface area contributed by atoms with Gasteiger partial charge in [0, 0.05) is 12.1 Å². The number of hydrogen-bond acceptors (Lipinski definition) is 4. The molecule has 2 fully saturated rings. The molecular formula is C13H18N2OS. The lowest BCUT2D eigenvalue weighted by Crippen LogP contribution is -2.47. The first-order valence-corrected chi connectivity index (χ1v) is 7.42. The lowest BCUT2D eigenvalue weighted by molar-refractivity contribution is 0.138. The molecule has 1 saturated carbocycles. The standard InChI is InChI=1S/C13H18N2OS/c1-17-12-3-2-10(8-14-12)15-9-11(16)4-5-13(15)6-7-13/h2-3,8,11,16H,4-7,9H2,1H3/t11-/m1/s1. The predicted molar refractivity (Wildman–Crippen MR) is 70.6 cm³/mol. The van der Waals surface area contributed by atoms with Crippen molar-refractivity contribution in [3.8, 4) is 0 Å². The molecule has 1 atom stereocenters. The molecule has 1 aromatic heterocycles. The molecule has 1 aliphatic heterocycles. The molecule has 1 aromatic rings. The summed E-state index contributed by atoms with van der Waals surface area (Å²) in [5.74, 6) is 0. The average molecular weight is 250 g/mol. The fraction of sp³-hybridized carbons (Fsp3) is 0.615. The fourth-order valence-corrected chi connectivity index (χ4v) is 3.12. The first-order valence-electron chi connectivity index (χ1n) is 6.19. The molecule has 0 amide bonds. The summed E-state index contributed by atoms with van der Waals surface area (Å²) in [6.07, 6.45) is 8.42. The topological polar surface area (TPSA) is 36.4 Å². The van der Waals surface area contributed by atoms with Crippen molar-refractivity contribution >= 4 is 17.4 Å². The highest BCUT2D eigenvalue weighted by atomic mass is 32.2. The number of hydrogen-bond donors (Lipinski definition) is 1. The van der Waals surface area contributed by atoms with Crippen LogP contribution in [0.25, 0.3) is 0 Å². The Morgan fingerprint density at radius 3 is 2.82 bits per heavy atom. The van der Waals surface area contributed by atoms with Crippen LogP contribution in [-0.4, -0.2) is 34.5 Å². The molecule has 92 valence electrons. The van der Waals surface area contributed by atoms with Gasteiger partial charge in [0.15, 0.2) is 0 Å². The molecule has 4 heteroatoms. The highest BCUT2D eigenvalue weighted by Gasteiger charge is 2.50. The molecular weight excluding hydrogens is 232 g/mol. The largest absolute Gasteiger partial charge is 0.391 e. The SMILES string of the molecule is CSc1ccc(N2C[C@H](O)CCC23CC3)cn1. The van der Waals surface area contributed by atoms with E-state index in [1.807, 2.05) is 12.5 Å². The van der Waals surface area contributed by atoms with Gasteiger partial charge in [0.25, 0.3) is 0 Å². The zero-order chi connectivity index (χ0) is 11.9. The Hall–Kier alpha value is -0.740. The van der Waals surface area contributed by atoms with Crippen LogP contribution in [0.3, 0.4) is 0 Å². The summed E-state index contributed by atoms with van der Waals surface area (Å²) in [7, 11) is 0. The van der Waals surface area contributed by atoms with E-state index >= 15 is 0 Å². The van der Waals surface area contributed by atoms with Crippen molar-refractivity contribution in [2.45, 2.75) is 42.4 Å². The van der Waals surface area contributed by atoms with Crippen LogP contribution in [0.2, 0.25) is 0 Å². The van der Waals surface area contributed by atoms with Crippen molar-refractivity contribution in [1.29, 1.82) is 0 Å². The van der Waals surface area contributed by atoms with Gasteiger partial charge in [0.05, 0.1) is 23.0 Å². The van der Waals surface area contributed by atoms with E-state index in [1.54, 1.807) is 11.8 Å². The average Bonchev–Trinajstić information content (AvgIpc) is 3.14. The van der Waals surface area contributed by atoms with Gasteiger partial charge in [0.2, 0.25) is 0 Å². The van der Waals surface area contributed by atoms with E-state index in [0.29, 0.717) is 5.54 Å².